The minimum atomic E-state index is 0.109. The second-order valence-electron chi connectivity index (χ2n) is 6.18. The molecular formula is C19H23N7O2. The number of aromatic nitrogens is 5. The number of nitrogens with one attached hydrogen (secondary N) is 1. The van der Waals surface area contributed by atoms with Crippen LogP contribution in [0.15, 0.2) is 43.1 Å². The molecule has 3 heterocycles. The van der Waals surface area contributed by atoms with Crippen molar-refractivity contribution < 1.29 is 9.47 Å². The maximum atomic E-state index is 5.39. The molecule has 0 bridgehead atoms. The quantitative estimate of drug-likeness (QED) is 0.628. The lowest BCUT2D eigenvalue weighted by atomic mass is 10.1. The normalized spacial score (nSPS) is 11.9. The zero-order chi connectivity index (χ0) is 19.9. The van der Waals surface area contributed by atoms with Gasteiger partial charge >= 0.3 is 6.01 Å². The number of hydrogen-bond acceptors (Lipinski definition) is 9. The maximum absolute atomic E-state index is 5.39. The summed E-state index contributed by atoms with van der Waals surface area (Å²) in [5.74, 6) is 0.983. The number of nitrogens with zero attached hydrogens (tertiary/aromatic N) is 6. The van der Waals surface area contributed by atoms with Crippen molar-refractivity contribution in [2.45, 2.75) is 6.04 Å². The molecule has 0 saturated carbocycles. The Labute approximate surface area is 163 Å². The number of likely N-dealkylation sites (N-methyl/N-ethyl adjacent to an activating group) is 1. The molecule has 3 rings (SSSR count). The zero-order valence-electron chi connectivity index (χ0n) is 16.3. The molecule has 0 aliphatic carbocycles. The van der Waals surface area contributed by atoms with Gasteiger partial charge < -0.3 is 19.7 Å². The molecular weight excluding hydrogens is 358 g/mol. The fraction of sp³-hybridized carbons (Fsp3) is 0.316. The van der Waals surface area contributed by atoms with Gasteiger partial charge in [-0.25, -0.2) is 9.97 Å². The predicted octanol–water partition coefficient (Wildman–Crippen LogP) is 2.06. The number of rotatable bonds is 8. The molecule has 9 nitrogen and oxygen atoms in total. The standard InChI is InChI=1S/C19H23N7O2/c1-26(2)15(13-6-5-7-20-10-13)12-23-17-16(21-8-9-22-17)14-11-24-19(28-4)25-18(14)27-3/h5-11,15H,12H2,1-4H3,(H,22,23). The van der Waals surface area contributed by atoms with Crippen molar-refractivity contribution >= 4 is 5.82 Å². The Morgan fingerprint density at radius 3 is 2.54 bits per heavy atom. The maximum Gasteiger partial charge on any atom is 0.319 e. The smallest absolute Gasteiger partial charge is 0.319 e. The van der Waals surface area contributed by atoms with E-state index in [0.29, 0.717) is 29.5 Å². The SMILES string of the molecule is COc1ncc(-c2nccnc2NCC(c2cccnc2)N(C)C)c(OC)n1. The van der Waals surface area contributed by atoms with Crippen LogP contribution < -0.4 is 14.8 Å². The van der Waals surface area contributed by atoms with Crippen LogP contribution in [0.1, 0.15) is 11.6 Å². The average molecular weight is 381 g/mol. The van der Waals surface area contributed by atoms with Crippen molar-refractivity contribution in [1.29, 1.82) is 0 Å². The van der Waals surface area contributed by atoms with Gasteiger partial charge in [0.15, 0.2) is 5.82 Å². The number of hydrogen-bond donors (Lipinski definition) is 1. The third-order valence-electron chi connectivity index (χ3n) is 4.22. The summed E-state index contributed by atoms with van der Waals surface area (Å²) >= 11 is 0. The predicted molar refractivity (Wildman–Crippen MR) is 105 cm³/mol. The summed E-state index contributed by atoms with van der Waals surface area (Å²) in [5, 5.41) is 3.39. The highest BCUT2D eigenvalue weighted by atomic mass is 16.5. The lowest BCUT2D eigenvalue weighted by Gasteiger charge is -2.25. The third kappa shape index (κ3) is 4.32. The second-order valence-corrected chi connectivity index (χ2v) is 6.18. The van der Waals surface area contributed by atoms with Gasteiger partial charge in [-0.3, -0.25) is 9.97 Å². The lowest BCUT2D eigenvalue weighted by molar-refractivity contribution is 0.311. The van der Waals surface area contributed by atoms with Gasteiger partial charge in [0.25, 0.3) is 0 Å². The van der Waals surface area contributed by atoms with Crippen LogP contribution in [0.4, 0.5) is 5.82 Å². The molecule has 9 heteroatoms. The molecule has 0 spiro atoms. The molecule has 3 aromatic rings. The summed E-state index contributed by atoms with van der Waals surface area (Å²) in [6.45, 7) is 0.615. The average Bonchev–Trinajstić information content (AvgIpc) is 2.74. The highest BCUT2D eigenvalue weighted by Gasteiger charge is 2.19. The van der Waals surface area contributed by atoms with Gasteiger partial charge in [0.1, 0.15) is 5.69 Å². The molecule has 0 radical (unpaired) electrons. The van der Waals surface area contributed by atoms with E-state index in [-0.39, 0.29) is 12.1 Å². The van der Waals surface area contributed by atoms with Crippen LogP contribution >= 0.6 is 0 Å². The Balaban J connectivity index is 1.89. The van der Waals surface area contributed by atoms with Crippen LogP contribution in [0.25, 0.3) is 11.3 Å². The van der Waals surface area contributed by atoms with Gasteiger partial charge in [0.2, 0.25) is 5.88 Å². The van der Waals surface area contributed by atoms with Crippen molar-refractivity contribution in [2.24, 2.45) is 0 Å². The first-order valence-electron chi connectivity index (χ1n) is 8.70. The summed E-state index contributed by atoms with van der Waals surface area (Å²) in [4.78, 5) is 23.6. The van der Waals surface area contributed by atoms with E-state index in [1.54, 1.807) is 31.9 Å². The Bertz CT molecular complexity index is 906. The lowest BCUT2D eigenvalue weighted by Crippen LogP contribution is -2.27. The molecule has 0 aromatic carbocycles. The molecule has 0 saturated heterocycles. The van der Waals surface area contributed by atoms with E-state index in [0.717, 1.165) is 5.56 Å². The zero-order valence-corrected chi connectivity index (χ0v) is 16.3. The summed E-state index contributed by atoms with van der Waals surface area (Å²) < 4.78 is 10.5. The van der Waals surface area contributed by atoms with E-state index in [1.807, 2.05) is 26.4 Å². The minimum absolute atomic E-state index is 0.109. The number of methoxy groups -OCH3 is 2. The Morgan fingerprint density at radius 2 is 1.86 bits per heavy atom. The number of pyridine rings is 1. The highest BCUT2D eigenvalue weighted by molar-refractivity contribution is 5.74. The number of ether oxygens (including phenoxy) is 2. The van der Waals surface area contributed by atoms with Crippen molar-refractivity contribution in [1.82, 2.24) is 29.8 Å². The first-order valence-corrected chi connectivity index (χ1v) is 8.70. The van der Waals surface area contributed by atoms with E-state index in [2.05, 4.69) is 41.2 Å². The molecule has 0 aliphatic rings. The minimum Gasteiger partial charge on any atom is -0.480 e. The summed E-state index contributed by atoms with van der Waals surface area (Å²) in [6.07, 6.45) is 8.50. The summed E-state index contributed by atoms with van der Waals surface area (Å²) in [5.41, 5.74) is 2.34. The Morgan fingerprint density at radius 1 is 1.04 bits per heavy atom. The first kappa shape index (κ1) is 19.4. The second kappa shape index (κ2) is 9.05. The van der Waals surface area contributed by atoms with Gasteiger partial charge in [-0.05, 0) is 25.7 Å². The van der Waals surface area contributed by atoms with E-state index in [1.165, 1.54) is 7.11 Å². The van der Waals surface area contributed by atoms with E-state index in [9.17, 15) is 0 Å². The van der Waals surface area contributed by atoms with Crippen molar-refractivity contribution in [3.8, 4) is 23.1 Å². The largest absolute Gasteiger partial charge is 0.480 e. The van der Waals surface area contributed by atoms with Crippen LogP contribution in [0.2, 0.25) is 0 Å². The van der Waals surface area contributed by atoms with Gasteiger partial charge in [-0.15, -0.1) is 0 Å². The number of anilines is 1. The Kier molecular flexibility index (Phi) is 6.28. The highest BCUT2D eigenvalue weighted by Crippen LogP contribution is 2.31. The van der Waals surface area contributed by atoms with Gasteiger partial charge in [0.05, 0.1) is 25.8 Å². The molecule has 1 N–H and O–H groups in total. The van der Waals surface area contributed by atoms with Gasteiger partial charge in [-0.2, -0.15) is 4.98 Å². The fourth-order valence-electron chi connectivity index (χ4n) is 2.80. The molecule has 1 atom stereocenters. The van der Waals surface area contributed by atoms with Crippen LogP contribution in [0.5, 0.6) is 11.9 Å². The third-order valence-corrected chi connectivity index (χ3v) is 4.22. The monoisotopic (exact) mass is 381 g/mol. The van der Waals surface area contributed by atoms with Crippen molar-refractivity contribution in [3.05, 3.63) is 48.7 Å². The van der Waals surface area contributed by atoms with E-state index in [4.69, 9.17) is 9.47 Å². The van der Waals surface area contributed by atoms with Crippen LogP contribution in [-0.4, -0.2) is 64.7 Å². The Hall–Kier alpha value is -3.33. The topological polar surface area (TPSA) is 98.2 Å². The van der Waals surface area contributed by atoms with Gasteiger partial charge in [0, 0.05) is 37.5 Å². The molecule has 146 valence electrons. The van der Waals surface area contributed by atoms with E-state index < -0.39 is 0 Å². The van der Waals surface area contributed by atoms with Crippen molar-refractivity contribution in [3.63, 3.8) is 0 Å². The van der Waals surface area contributed by atoms with Crippen LogP contribution in [0.3, 0.4) is 0 Å². The molecule has 1 unspecified atom stereocenters. The molecule has 28 heavy (non-hydrogen) atoms. The van der Waals surface area contributed by atoms with Crippen molar-refractivity contribution in [2.75, 3.05) is 40.2 Å². The molecule has 3 aromatic heterocycles. The molecule has 0 amide bonds. The molecule has 0 aliphatic heterocycles. The van der Waals surface area contributed by atoms with Crippen LogP contribution in [-0.2, 0) is 0 Å². The fourth-order valence-corrected chi connectivity index (χ4v) is 2.80. The van der Waals surface area contributed by atoms with Crippen LogP contribution in [0, 0.1) is 0 Å². The summed E-state index contributed by atoms with van der Waals surface area (Å²) in [7, 11) is 7.09. The van der Waals surface area contributed by atoms with Gasteiger partial charge in [-0.1, -0.05) is 6.07 Å². The first-order chi connectivity index (χ1) is 13.6. The molecule has 0 fully saturated rings. The van der Waals surface area contributed by atoms with E-state index >= 15 is 0 Å². The summed E-state index contributed by atoms with van der Waals surface area (Å²) in [6, 6.07) is 4.32.